The third-order valence-electron chi connectivity index (χ3n) is 4.72. The van der Waals surface area contributed by atoms with Gasteiger partial charge in [0.15, 0.2) is 0 Å². The molecule has 2 rings (SSSR count). The number of nitrogens with one attached hydrogen (secondary N) is 4. The van der Waals surface area contributed by atoms with Gasteiger partial charge in [-0.1, -0.05) is 12.1 Å². The maximum Gasteiger partial charge on any atom is 0.240 e. The first-order chi connectivity index (χ1) is 13.3. The molecule has 1 aliphatic rings. The molecule has 1 aromatic rings. The molecule has 1 saturated heterocycles. The molecule has 28 heavy (non-hydrogen) atoms. The van der Waals surface area contributed by atoms with Gasteiger partial charge in [-0.3, -0.25) is 19.7 Å². The molecular weight excluding hydrogens is 360 g/mol. The summed E-state index contributed by atoms with van der Waals surface area (Å²) in [6.07, 6.45) is 3.16. The minimum atomic E-state index is -0.974. The Kier molecular flexibility index (Phi) is 7.80. The zero-order valence-electron chi connectivity index (χ0n) is 16.5. The zero-order valence-corrected chi connectivity index (χ0v) is 16.5. The number of hydrogen-bond acceptors (Lipinski definition) is 5. The number of carbonyl (C=O) groups excluding carboxylic acids is 3. The van der Waals surface area contributed by atoms with Crippen molar-refractivity contribution in [3.63, 3.8) is 0 Å². The van der Waals surface area contributed by atoms with E-state index in [0.29, 0.717) is 25.9 Å². The Hall–Kier alpha value is -2.61. The van der Waals surface area contributed by atoms with Crippen LogP contribution in [0.15, 0.2) is 24.3 Å². The molecule has 0 unspecified atom stereocenters. The van der Waals surface area contributed by atoms with E-state index < -0.39 is 11.6 Å². The van der Waals surface area contributed by atoms with Crippen LogP contribution in [0.4, 0.5) is 0 Å². The van der Waals surface area contributed by atoms with Crippen LogP contribution in [-0.4, -0.2) is 54.0 Å². The average Bonchev–Trinajstić information content (AvgIpc) is 2.85. The summed E-state index contributed by atoms with van der Waals surface area (Å²) in [5.41, 5.74) is 0.0210. The molecule has 5 N–H and O–H groups in total. The smallest absolute Gasteiger partial charge is 0.240 e. The number of benzene rings is 1. The highest BCUT2D eigenvalue weighted by Gasteiger charge is 2.33. The van der Waals surface area contributed by atoms with E-state index >= 15 is 0 Å². The summed E-state index contributed by atoms with van der Waals surface area (Å²) in [6.45, 7) is 4.36. The van der Waals surface area contributed by atoms with Crippen molar-refractivity contribution in [3.8, 4) is 5.75 Å². The van der Waals surface area contributed by atoms with Crippen LogP contribution in [0.3, 0.4) is 0 Å². The van der Waals surface area contributed by atoms with Crippen molar-refractivity contribution in [3.05, 3.63) is 29.8 Å². The van der Waals surface area contributed by atoms with Crippen molar-refractivity contribution >= 4 is 17.7 Å². The largest absolute Gasteiger partial charge is 0.508 e. The summed E-state index contributed by atoms with van der Waals surface area (Å²) in [5.74, 6) is -0.508. The SMILES string of the molecule is CC(C)(N[C@H]1CCCCNC1=O)C(=O)NCC(=O)NCCc1ccc(O)cc1. The molecule has 1 heterocycles. The summed E-state index contributed by atoms with van der Waals surface area (Å²) in [6, 6.07) is 6.37. The second-order valence-electron chi connectivity index (χ2n) is 7.56. The van der Waals surface area contributed by atoms with Gasteiger partial charge in [-0.2, -0.15) is 0 Å². The lowest BCUT2D eigenvalue weighted by Crippen LogP contribution is -2.59. The predicted octanol–water partition coefficient (Wildman–Crippen LogP) is 0.204. The van der Waals surface area contributed by atoms with Gasteiger partial charge in [-0.05, 0) is 57.2 Å². The van der Waals surface area contributed by atoms with E-state index in [4.69, 9.17) is 0 Å². The molecule has 0 radical (unpaired) electrons. The standard InChI is InChI=1S/C20H30N4O4/c1-20(2,24-16-5-3-4-11-22-18(16)27)19(28)23-13-17(26)21-12-10-14-6-8-15(25)9-7-14/h6-9,16,24-25H,3-5,10-13H2,1-2H3,(H,21,26)(H,22,27)(H,23,28)/t16-/m0/s1. The van der Waals surface area contributed by atoms with Crippen molar-refractivity contribution in [2.45, 2.75) is 51.1 Å². The predicted molar refractivity (Wildman–Crippen MR) is 106 cm³/mol. The molecule has 1 aromatic carbocycles. The summed E-state index contributed by atoms with van der Waals surface area (Å²) < 4.78 is 0. The van der Waals surface area contributed by atoms with Crippen LogP contribution in [0.1, 0.15) is 38.7 Å². The van der Waals surface area contributed by atoms with Gasteiger partial charge in [0.05, 0.1) is 18.1 Å². The van der Waals surface area contributed by atoms with Crippen molar-refractivity contribution in [1.29, 1.82) is 0 Å². The fraction of sp³-hybridized carbons (Fsp3) is 0.550. The van der Waals surface area contributed by atoms with Crippen LogP contribution in [0, 0.1) is 0 Å². The van der Waals surface area contributed by atoms with Gasteiger partial charge < -0.3 is 21.1 Å². The van der Waals surface area contributed by atoms with Gasteiger partial charge in [0.2, 0.25) is 17.7 Å². The Labute approximate surface area is 165 Å². The first kappa shape index (κ1) is 21.7. The topological polar surface area (TPSA) is 120 Å². The summed E-state index contributed by atoms with van der Waals surface area (Å²) >= 11 is 0. The number of phenols is 1. The summed E-state index contributed by atoms with van der Waals surface area (Å²) in [4.78, 5) is 36.5. The van der Waals surface area contributed by atoms with Crippen LogP contribution in [-0.2, 0) is 20.8 Å². The molecule has 0 spiro atoms. The van der Waals surface area contributed by atoms with Crippen molar-refractivity contribution in [1.82, 2.24) is 21.3 Å². The normalized spacial score (nSPS) is 17.4. The first-order valence-electron chi connectivity index (χ1n) is 9.66. The monoisotopic (exact) mass is 390 g/mol. The van der Waals surface area contributed by atoms with Crippen LogP contribution >= 0.6 is 0 Å². The van der Waals surface area contributed by atoms with E-state index in [1.807, 2.05) is 0 Å². The van der Waals surface area contributed by atoms with Crippen LogP contribution in [0.2, 0.25) is 0 Å². The molecule has 0 aromatic heterocycles. The van der Waals surface area contributed by atoms with Crippen molar-refractivity contribution in [2.75, 3.05) is 19.6 Å². The average molecular weight is 390 g/mol. The number of aromatic hydroxyl groups is 1. The Bertz CT molecular complexity index is 688. The van der Waals surface area contributed by atoms with Gasteiger partial charge in [-0.25, -0.2) is 0 Å². The Balaban J connectivity index is 1.72. The van der Waals surface area contributed by atoms with Gasteiger partial charge in [-0.15, -0.1) is 0 Å². The second kappa shape index (κ2) is 10.1. The van der Waals surface area contributed by atoms with Crippen LogP contribution < -0.4 is 21.3 Å². The Morgan fingerprint density at radius 3 is 2.61 bits per heavy atom. The van der Waals surface area contributed by atoms with Gasteiger partial charge in [0.1, 0.15) is 5.75 Å². The summed E-state index contributed by atoms with van der Waals surface area (Å²) in [7, 11) is 0. The maximum absolute atomic E-state index is 12.5. The molecule has 3 amide bonds. The molecule has 1 fully saturated rings. The molecule has 8 nitrogen and oxygen atoms in total. The second-order valence-corrected chi connectivity index (χ2v) is 7.56. The quantitative estimate of drug-likeness (QED) is 0.435. The molecule has 1 aliphatic heterocycles. The number of hydrogen-bond donors (Lipinski definition) is 5. The van der Waals surface area contributed by atoms with E-state index in [1.165, 1.54) is 0 Å². The van der Waals surface area contributed by atoms with E-state index in [9.17, 15) is 19.5 Å². The lowest BCUT2D eigenvalue weighted by atomic mass is 10.0. The first-order valence-corrected chi connectivity index (χ1v) is 9.66. The third-order valence-corrected chi connectivity index (χ3v) is 4.72. The van der Waals surface area contributed by atoms with Gasteiger partial charge in [0.25, 0.3) is 0 Å². The molecule has 154 valence electrons. The van der Waals surface area contributed by atoms with Crippen LogP contribution in [0.5, 0.6) is 5.75 Å². The number of rotatable bonds is 8. The highest BCUT2D eigenvalue weighted by molar-refractivity contribution is 5.90. The molecular formula is C20H30N4O4. The zero-order chi connectivity index (χ0) is 20.6. The van der Waals surface area contributed by atoms with E-state index in [1.54, 1.807) is 38.1 Å². The summed E-state index contributed by atoms with van der Waals surface area (Å²) in [5, 5.41) is 20.6. The fourth-order valence-corrected chi connectivity index (χ4v) is 3.03. The number of phenolic OH excluding ortho intramolecular Hbond substituents is 1. The number of amides is 3. The molecule has 0 aliphatic carbocycles. The van der Waals surface area contributed by atoms with E-state index in [2.05, 4.69) is 21.3 Å². The molecule has 1 atom stereocenters. The maximum atomic E-state index is 12.5. The van der Waals surface area contributed by atoms with E-state index in [0.717, 1.165) is 18.4 Å². The molecule has 0 bridgehead atoms. The Morgan fingerprint density at radius 2 is 1.89 bits per heavy atom. The van der Waals surface area contributed by atoms with Gasteiger partial charge >= 0.3 is 0 Å². The minimum absolute atomic E-state index is 0.0923. The highest BCUT2D eigenvalue weighted by Crippen LogP contribution is 2.11. The van der Waals surface area contributed by atoms with Crippen molar-refractivity contribution < 1.29 is 19.5 Å². The lowest BCUT2D eigenvalue weighted by molar-refractivity contribution is -0.131. The number of carbonyl (C=O) groups is 3. The minimum Gasteiger partial charge on any atom is -0.508 e. The highest BCUT2D eigenvalue weighted by atomic mass is 16.3. The fourth-order valence-electron chi connectivity index (χ4n) is 3.03. The lowest BCUT2D eigenvalue weighted by Gasteiger charge is -2.29. The molecule has 0 saturated carbocycles. The Morgan fingerprint density at radius 1 is 1.18 bits per heavy atom. The van der Waals surface area contributed by atoms with E-state index in [-0.39, 0.29) is 30.0 Å². The third kappa shape index (κ3) is 6.84. The van der Waals surface area contributed by atoms with Gasteiger partial charge in [0, 0.05) is 13.1 Å². The van der Waals surface area contributed by atoms with Crippen LogP contribution in [0.25, 0.3) is 0 Å². The van der Waals surface area contributed by atoms with Crippen molar-refractivity contribution in [2.24, 2.45) is 0 Å². The molecule has 8 heteroatoms.